The Morgan fingerprint density at radius 3 is 2.85 bits per heavy atom. The van der Waals surface area contributed by atoms with E-state index in [0.29, 0.717) is 19.4 Å². The third kappa shape index (κ3) is 2.33. The standard InChI is InChI=1S/C17H15NO2/c18-11-17(9-13-4-3-6-15(19)8-13)10-14-5-1-2-7-16(14)20-12-17/h1-8,19H,9-10,12H2. The fourth-order valence-electron chi connectivity index (χ4n) is 2.70. The second-order valence-electron chi connectivity index (χ2n) is 5.31. The second-order valence-corrected chi connectivity index (χ2v) is 5.31. The van der Waals surface area contributed by atoms with Crippen molar-refractivity contribution in [1.82, 2.24) is 0 Å². The van der Waals surface area contributed by atoms with Crippen molar-refractivity contribution in [2.75, 3.05) is 6.61 Å². The maximum atomic E-state index is 9.61. The topological polar surface area (TPSA) is 53.2 Å². The van der Waals surface area contributed by atoms with Gasteiger partial charge in [0, 0.05) is 0 Å². The van der Waals surface area contributed by atoms with E-state index < -0.39 is 5.41 Å². The van der Waals surface area contributed by atoms with Crippen molar-refractivity contribution >= 4 is 0 Å². The molecule has 0 aromatic heterocycles. The van der Waals surface area contributed by atoms with Gasteiger partial charge in [-0.05, 0) is 42.2 Å². The van der Waals surface area contributed by atoms with Gasteiger partial charge in [0.2, 0.25) is 0 Å². The maximum Gasteiger partial charge on any atom is 0.122 e. The second kappa shape index (κ2) is 4.90. The van der Waals surface area contributed by atoms with E-state index in [1.807, 2.05) is 30.3 Å². The number of fused-ring (bicyclic) bond motifs is 1. The summed E-state index contributed by atoms with van der Waals surface area (Å²) in [4.78, 5) is 0. The number of rotatable bonds is 2. The van der Waals surface area contributed by atoms with E-state index in [0.717, 1.165) is 16.9 Å². The Hall–Kier alpha value is -2.47. The smallest absolute Gasteiger partial charge is 0.122 e. The molecule has 3 heteroatoms. The lowest BCUT2D eigenvalue weighted by Gasteiger charge is -2.32. The van der Waals surface area contributed by atoms with Gasteiger partial charge in [0.1, 0.15) is 18.1 Å². The molecule has 0 bridgehead atoms. The molecule has 1 aliphatic rings. The van der Waals surface area contributed by atoms with E-state index in [9.17, 15) is 10.4 Å². The van der Waals surface area contributed by atoms with Gasteiger partial charge in [-0.2, -0.15) is 5.26 Å². The molecule has 100 valence electrons. The van der Waals surface area contributed by atoms with Crippen molar-refractivity contribution < 1.29 is 9.84 Å². The van der Waals surface area contributed by atoms with Crippen LogP contribution in [0.15, 0.2) is 48.5 Å². The number of aromatic hydroxyl groups is 1. The first-order valence-corrected chi connectivity index (χ1v) is 6.61. The zero-order valence-electron chi connectivity index (χ0n) is 11.0. The number of nitriles is 1. The zero-order valence-corrected chi connectivity index (χ0v) is 11.0. The molecule has 1 N–H and O–H groups in total. The van der Waals surface area contributed by atoms with E-state index in [1.165, 1.54) is 0 Å². The van der Waals surface area contributed by atoms with Crippen LogP contribution in [0.3, 0.4) is 0 Å². The molecule has 1 aliphatic heterocycles. The summed E-state index contributed by atoms with van der Waals surface area (Å²) in [5, 5.41) is 19.1. The Morgan fingerprint density at radius 1 is 1.20 bits per heavy atom. The van der Waals surface area contributed by atoms with Crippen molar-refractivity contribution in [2.45, 2.75) is 12.8 Å². The van der Waals surface area contributed by atoms with E-state index in [2.05, 4.69) is 6.07 Å². The molecule has 1 unspecified atom stereocenters. The quantitative estimate of drug-likeness (QED) is 0.907. The number of phenolic OH excluding ortho intramolecular Hbond substituents is 1. The predicted octanol–water partition coefficient (Wildman–Crippen LogP) is 3.08. The van der Waals surface area contributed by atoms with E-state index in [-0.39, 0.29) is 5.75 Å². The number of nitrogens with zero attached hydrogens (tertiary/aromatic N) is 1. The first-order valence-electron chi connectivity index (χ1n) is 6.61. The van der Waals surface area contributed by atoms with Crippen LogP contribution in [0.4, 0.5) is 0 Å². The fourth-order valence-corrected chi connectivity index (χ4v) is 2.70. The van der Waals surface area contributed by atoms with Gasteiger partial charge in [0.25, 0.3) is 0 Å². The van der Waals surface area contributed by atoms with Gasteiger partial charge >= 0.3 is 0 Å². The molecule has 0 radical (unpaired) electrons. The molecule has 3 rings (SSSR count). The summed E-state index contributed by atoms with van der Waals surface area (Å²) >= 11 is 0. The Kier molecular flexibility index (Phi) is 3.08. The fraction of sp³-hybridized carbons (Fsp3) is 0.235. The average molecular weight is 265 g/mol. The van der Waals surface area contributed by atoms with Crippen LogP contribution in [0.5, 0.6) is 11.5 Å². The number of hydrogen-bond donors (Lipinski definition) is 1. The molecule has 20 heavy (non-hydrogen) atoms. The zero-order chi connectivity index (χ0) is 14.0. The summed E-state index contributed by atoms with van der Waals surface area (Å²) in [7, 11) is 0. The molecule has 2 aromatic carbocycles. The number of hydrogen-bond acceptors (Lipinski definition) is 3. The molecule has 0 amide bonds. The molecular weight excluding hydrogens is 250 g/mol. The van der Waals surface area contributed by atoms with Gasteiger partial charge in [-0.3, -0.25) is 0 Å². The van der Waals surface area contributed by atoms with Crippen LogP contribution in [0.1, 0.15) is 11.1 Å². The highest BCUT2D eigenvalue weighted by molar-refractivity contribution is 5.38. The first-order chi connectivity index (χ1) is 9.71. The van der Waals surface area contributed by atoms with Gasteiger partial charge in [-0.25, -0.2) is 0 Å². The SMILES string of the molecule is N#CC1(Cc2cccc(O)c2)COc2ccccc2C1. The molecule has 0 spiro atoms. The number of ether oxygens (including phenoxy) is 1. The van der Waals surface area contributed by atoms with Crippen molar-refractivity contribution in [3.05, 3.63) is 59.7 Å². The highest BCUT2D eigenvalue weighted by atomic mass is 16.5. The van der Waals surface area contributed by atoms with Crippen LogP contribution in [0, 0.1) is 16.7 Å². The average Bonchev–Trinajstić information content (AvgIpc) is 2.47. The minimum absolute atomic E-state index is 0.229. The Labute approximate surface area is 118 Å². The van der Waals surface area contributed by atoms with Crippen LogP contribution in [0.25, 0.3) is 0 Å². The lowest BCUT2D eigenvalue weighted by atomic mass is 9.77. The van der Waals surface area contributed by atoms with E-state index >= 15 is 0 Å². The van der Waals surface area contributed by atoms with Gasteiger partial charge in [0.05, 0.1) is 11.5 Å². The van der Waals surface area contributed by atoms with Gasteiger partial charge in [-0.15, -0.1) is 0 Å². The predicted molar refractivity (Wildman–Crippen MR) is 75.5 cm³/mol. The first kappa shape index (κ1) is 12.6. The summed E-state index contributed by atoms with van der Waals surface area (Å²) < 4.78 is 5.75. The van der Waals surface area contributed by atoms with Gasteiger partial charge < -0.3 is 9.84 Å². The number of para-hydroxylation sites is 1. The normalized spacial score (nSPS) is 20.6. The molecular formula is C17H15NO2. The van der Waals surface area contributed by atoms with Crippen LogP contribution < -0.4 is 4.74 Å². The van der Waals surface area contributed by atoms with Crippen LogP contribution >= 0.6 is 0 Å². The molecule has 1 atom stereocenters. The number of phenols is 1. The molecule has 0 saturated carbocycles. The minimum Gasteiger partial charge on any atom is -0.508 e. The third-order valence-corrected chi connectivity index (χ3v) is 3.70. The van der Waals surface area contributed by atoms with Crippen LogP contribution in [-0.4, -0.2) is 11.7 Å². The molecule has 0 saturated heterocycles. The lowest BCUT2D eigenvalue weighted by Crippen LogP contribution is -2.35. The summed E-state index contributed by atoms with van der Waals surface area (Å²) in [5.41, 5.74) is 1.46. The van der Waals surface area contributed by atoms with E-state index in [4.69, 9.17) is 4.74 Å². The summed E-state index contributed by atoms with van der Waals surface area (Å²) in [6.07, 6.45) is 1.25. The van der Waals surface area contributed by atoms with Crippen LogP contribution in [0.2, 0.25) is 0 Å². The monoisotopic (exact) mass is 265 g/mol. The number of benzene rings is 2. The maximum absolute atomic E-state index is 9.61. The largest absolute Gasteiger partial charge is 0.508 e. The van der Waals surface area contributed by atoms with Crippen LogP contribution in [-0.2, 0) is 12.8 Å². The summed E-state index contributed by atoms with van der Waals surface area (Å²) in [6.45, 7) is 0.385. The lowest BCUT2D eigenvalue weighted by molar-refractivity contribution is 0.169. The summed E-state index contributed by atoms with van der Waals surface area (Å²) in [6, 6.07) is 17.3. The van der Waals surface area contributed by atoms with Crippen molar-refractivity contribution in [1.29, 1.82) is 5.26 Å². The third-order valence-electron chi connectivity index (χ3n) is 3.70. The highest BCUT2D eigenvalue weighted by Crippen LogP contribution is 2.36. The van der Waals surface area contributed by atoms with Crippen molar-refractivity contribution in [2.24, 2.45) is 5.41 Å². The van der Waals surface area contributed by atoms with Crippen molar-refractivity contribution in [3.8, 4) is 17.6 Å². The Bertz CT molecular complexity index is 675. The highest BCUT2D eigenvalue weighted by Gasteiger charge is 2.36. The Balaban J connectivity index is 1.89. The molecule has 3 nitrogen and oxygen atoms in total. The van der Waals surface area contributed by atoms with Crippen molar-refractivity contribution in [3.63, 3.8) is 0 Å². The van der Waals surface area contributed by atoms with Gasteiger partial charge in [-0.1, -0.05) is 30.3 Å². The molecule has 2 aromatic rings. The summed E-state index contributed by atoms with van der Waals surface area (Å²) in [5.74, 6) is 1.10. The van der Waals surface area contributed by atoms with Gasteiger partial charge in [0.15, 0.2) is 0 Å². The molecule has 0 aliphatic carbocycles. The minimum atomic E-state index is -0.567. The molecule has 0 fully saturated rings. The Morgan fingerprint density at radius 2 is 2.05 bits per heavy atom. The molecule has 1 heterocycles. The van der Waals surface area contributed by atoms with E-state index in [1.54, 1.807) is 18.2 Å².